The van der Waals surface area contributed by atoms with Gasteiger partial charge >= 0.3 is 0 Å². The largest absolute Gasteiger partial charge is 0.384 e. The molecule has 2 heterocycles. The van der Waals surface area contributed by atoms with Crippen molar-refractivity contribution in [2.24, 2.45) is 0 Å². The zero-order chi connectivity index (χ0) is 20.4. The number of rotatable bonds is 5. The quantitative estimate of drug-likeness (QED) is 0.671. The van der Waals surface area contributed by atoms with E-state index in [1.165, 1.54) is 54.5 Å². The van der Waals surface area contributed by atoms with Crippen molar-refractivity contribution in [3.05, 3.63) is 47.3 Å². The molecule has 6 heteroatoms. The summed E-state index contributed by atoms with van der Waals surface area (Å²) >= 11 is 0. The van der Waals surface area contributed by atoms with Crippen LogP contribution in [0, 0.1) is 0 Å². The van der Waals surface area contributed by atoms with Crippen molar-refractivity contribution >= 4 is 0 Å². The number of fused-ring (bicyclic) bond motifs is 1. The first-order valence-corrected chi connectivity index (χ1v) is 11.2. The summed E-state index contributed by atoms with van der Waals surface area (Å²) in [6.45, 7) is 0.678. The van der Waals surface area contributed by atoms with Gasteiger partial charge in [0.1, 0.15) is 0 Å². The van der Waals surface area contributed by atoms with Gasteiger partial charge in [-0.25, -0.2) is 0 Å². The van der Waals surface area contributed by atoms with E-state index in [9.17, 15) is 0 Å². The SMILES string of the molecule is COCC1(c2nc3c(c(-c4ccccc4)c2-c2nn[nH]n2)CCCC3)CCCCC1. The van der Waals surface area contributed by atoms with E-state index in [2.05, 4.69) is 51.0 Å². The van der Waals surface area contributed by atoms with Crippen LogP contribution in [0.25, 0.3) is 22.5 Å². The van der Waals surface area contributed by atoms with Gasteiger partial charge in [0.15, 0.2) is 0 Å². The number of methoxy groups -OCH3 is 1. The molecule has 2 aliphatic rings. The number of aromatic nitrogens is 5. The van der Waals surface area contributed by atoms with Crippen molar-refractivity contribution in [3.8, 4) is 22.5 Å². The normalized spacial score (nSPS) is 18.2. The van der Waals surface area contributed by atoms with E-state index in [0.717, 1.165) is 36.9 Å². The van der Waals surface area contributed by atoms with Crippen molar-refractivity contribution in [2.45, 2.75) is 63.2 Å². The second kappa shape index (κ2) is 8.26. The first-order valence-electron chi connectivity index (χ1n) is 11.2. The van der Waals surface area contributed by atoms with Crippen LogP contribution >= 0.6 is 0 Å². The number of hydrogen-bond donors (Lipinski definition) is 1. The van der Waals surface area contributed by atoms with Gasteiger partial charge in [-0.1, -0.05) is 49.6 Å². The Balaban J connectivity index is 1.84. The highest BCUT2D eigenvalue weighted by molar-refractivity contribution is 5.86. The number of tetrazole rings is 1. The van der Waals surface area contributed by atoms with Crippen LogP contribution in [-0.2, 0) is 23.0 Å². The molecule has 0 amide bonds. The van der Waals surface area contributed by atoms with Crippen LogP contribution in [0.4, 0.5) is 0 Å². The fourth-order valence-electron chi connectivity index (χ4n) is 5.49. The molecular weight excluding hydrogens is 374 g/mol. The molecule has 30 heavy (non-hydrogen) atoms. The number of hydrogen-bond acceptors (Lipinski definition) is 5. The van der Waals surface area contributed by atoms with Gasteiger partial charge in [0.25, 0.3) is 0 Å². The van der Waals surface area contributed by atoms with Gasteiger partial charge in [0.05, 0.1) is 17.9 Å². The van der Waals surface area contributed by atoms with Crippen molar-refractivity contribution in [1.29, 1.82) is 0 Å². The molecule has 1 aromatic carbocycles. The molecule has 2 aromatic heterocycles. The molecule has 1 N–H and O–H groups in total. The lowest BCUT2D eigenvalue weighted by atomic mass is 9.69. The molecule has 6 nitrogen and oxygen atoms in total. The Kier molecular flexibility index (Phi) is 5.34. The standard InChI is InChI=1S/C24H29N5O/c1-30-16-24(14-8-3-9-15-24)22-21(23-26-28-29-27-23)20(17-10-4-2-5-11-17)18-12-6-7-13-19(18)25-22/h2,4-5,10-11H,3,6-9,12-16H2,1H3,(H,26,27,28,29). The summed E-state index contributed by atoms with van der Waals surface area (Å²) in [6, 6.07) is 10.7. The highest BCUT2D eigenvalue weighted by Gasteiger charge is 2.40. The highest BCUT2D eigenvalue weighted by Crippen LogP contribution is 2.47. The third-order valence-electron chi connectivity index (χ3n) is 6.84. The molecule has 2 aliphatic carbocycles. The minimum Gasteiger partial charge on any atom is -0.384 e. The third kappa shape index (κ3) is 3.33. The van der Waals surface area contributed by atoms with Crippen LogP contribution in [0.3, 0.4) is 0 Å². The van der Waals surface area contributed by atoms with Crippen molar-refractivity contribution in [1.82, 2.24) is 25.6 Å². The number of H-pyrrole nitrogens is 1. The molecule has 0 atom stereocenters. The van der Waals surface area contributed by atoms with Crippen LogP contribution < -0.4 is 0 Å². The summed E-state index contributed by atoms with van der Waals surface area (Å²) in [6.07, 6.45) is 10.3. The summed E-state index contributed by atoms with van der Waals surface area (Å²) in [5.74, 6) is 0.644. The number of pyridine rings is 1. The van der Waals surface area contributed by atoms with Gasteiger partial charge in [-0.05, 0) is 60.4 Å². The Morgan fingerprint density at radius 1 is 0.967 bits per heavy atom. The first kappa shape index (κ1) is 19.4. The molecule has 0 bridgehead atoms. The van der Waals surface area contributed by atoms with Gasteiger partial charge < -0.3 is 4.74 Å². The molecule has 156 valence electrons. The van der Waals surface area contributed by atoms with Crippen LogP contribution in [0.5, 0.6) is 0 Å². The second-order valence-corrected chi connectivity index (χ2v) is 8.72. The van der Waals surface area contributed by atoms with Crippen LogP contribution in [-0.4, -0.2) is 39.3 Å². The fraction of sp³-hybridized carbons (Fsp3) is 0.500. The van der Waals surface area contributed by atoms with E-state index in [0.29, 0.717) is 12.4 Å². The molecule has 0 saturated heterocycles. The van der Waals surface area contributed by atoms with Gasteiger partial charge in [-0.15, -0.1) is 10.2 Å². The summed E-state index contributed by atoms with van der Waals surface area (Å²) < 4.78 is 5.80. The topological polar surface area (TPSA) is 76.6 Å². The van der Waals surface area contributed by atoms with Gasteiger partial charge in [0, 0.05) is 18.2 Å². The molecule has 1 fully saturated rings. The van der Waals surface area contributed by atoms with Crippen LogP contribution in [0.15, 0.2) is 30.3 Å². The molecule has 0 radical (unpaired) electrons. The number of nitrogens with zero attached hydrogens (tertiary/aromatic N) is 4. The lowest BCUT2D eigenvalue weighted by Crippen LogP contribution is -2.36. The summed E-state index contributed by atoms with van der Waals surface area (Å²) in [5.41, 5.74) is 7.14. The molecule has 0 aliphatic heterocycles. The Morgan fingerprint density at radius 2 is 1.77 bits per heavy atom. The smallest absolute Gasteiger partial charge is 0.207 e. The summed E-state index contributed by atoms with van der Waals surface area (Å²) in [4.78, 5) is 5.37. The monoisotopic (exact) mass is 403 g/mol. The number of ether oxygens (including phenoxy) is 1. The van der Waals surface area contributed by atoms with Gasteiger partial charge in [-0.3, -0.25) is 4.98 Å². The predicted octanol–water partition coefficient (Wildman–Crippen LogP) is 4.66. The van der Waals surface area contributed by atoms with Crippen LogP contribution in [0.1, 0.15) is 61.9 Å². The minimum absolute atomic E-state index is 0.0982. The van der Waals surface area contributed by atoms with E-state index in [1.807, 2.05) is 0 Å². The summed E-state index contributed by atoms with van der Waals surface area (Å²) in [5, 5.41) is 15.5. The molecule has 0 spiro atoms. The molecular formula is C24H29N5O. The lowest BCUT2D eigenvalue weighted by molar-refractivity contribution is 0.101. The van der Waals surface area contributed by atoms with E-state index in [1.54, 1.807) is 7.11 Å². The van der Waals surface area contributed by atoms with E-state index in [-0.39, 0.29) is 5.41 Å². The Bertz CT molecular complexity index is 989. The molecule has 3 aromatic rings. The van der Waals surface area contributed by atoms with Crippen molar-refractivity contribution < 1.29 is 4.74 Å². The number of benzene rings is 1. The number of aryl methyl sites for hydroxylation is 1. The molecule has 5 rings (SSSR count). The Morgan fingerprint density at radius 3 is 2.50 bits per heavy atom. The Labute approximate surface area is 177 Å². The van der Waals surface area contributed by atoms with Gasteiger partial charge in [-0.2, -0.15) is 5.21 Å². The van der Waals surface area contributed by atoms with E-state index < -0.39 is 0 Å². The lowest BCUT2D eigenvalue weighted by Gasteiger charge is -2.39. The average molecular weight is 404 g/mol. The third-order valence-corrected chi connectivity index (χ3v) is 6.84. The maximum Gasteiger partial charge on any atom is 0.207 e. The molecule has 0 unspecified atom stereocenters. The minimum atomic E-state index is -0.0982. The molecule has 1 saturated carbocycles. The van der Waals surface area contributed by atoms with Crippen LogP contribution in [0.2, 0.25) is 0 Å². The highest BCUT2D eigenvalue weighted by atomic mass is 16.5. The first-order chi connectivity index (χ1) is 14.8. The average Bonchev–Trinajstić information content (AvgIpc) is 3.34. The summed E-state index contributed by atoms with van der Waals surface area (Å²) in [7, 11) is 1.81. The van der Waals surface area contributed by atoms with E-state index in [4.69, 9.17) is 9.72 Å². The van der Waals surface area contributed by atoms with Crippen molar-refractivity contribution in [3.63, 3.8) is 0 Å². The zero-order valence-electron chi connectivity index (χ0n) is 17.7. The number of nitrogens with one attached hydrogen (secondary N) is 1. The number of aromatic amines is 1. The second-order valence-electron chi connectivity index (χ2n) is 8.72. The fourth-order valence-corrected chi connectivity index (χ4v) is 5.49. The zero-order valence-corrected chi connectivity index (χ0v) is 17.7. The Hall–Kier alpha value is -2.60. The predicted molar refractivity (Wildman–Crippen MR) is 116 cm³/mol. The van der Waals surface area contributed by atoms with Crippen molar-refractivity contribution in [2.75, 3.05) is 13.7 Å². The van der Waals surface area contributed by atoms with E-state index >= 15 is 0 Å². The van der Waals surface area contributed by atoms with Gasteiger partial charge in [0.2, 0.25) is 5.82 Å². The maximum absolute atomic E-state index is 5.80. The maximum atomic E-state index is 5.80.